The van der Waals surface area contributed by atoms with Crippen molar-refractivity contribution in [3.8, 4) is 17.2 Å². The fourth-order valence-corrected chi connectivity index (χ4v) is 4.92. The van der Waals surface area contributed by atoms with E-state index in [0.29, 0.717) is 33.2 Å². The zero-order valence-electron chi connectivity index (χ0n) is 18.3. The van der Waals surface area contributed by atoms with Gasteiger partial charge in [0.25, 0.3) is 0 Å². The Bertz CT molecular complexity index is 1280. The zero-order valence-corrected chi connectivity index (χ0v) is 19.1. The van der Waals surface area contributed by atoms with Gasteiger partial charge in [0, 0.05) is 16.8 Å². The van der Waals surface area contributed by atoms with Crippen LogP contribution in [0.5, 0.6) is 0 Å². The lowest BCUT2D eigenvalue weighted by molar-refractivity contribution is -0.113. The standard InChI is InChI=1S/C27H22N2O3S/c1-17-25(18(2)30)26(24-9-6-14-32-24)22(15-28)27(29-17)33-16-23(31)21-12-10-20(11-13-21)19-7-4-3-5-8-19/h3-14,26,29H,16H2,1-2H3/t26-/m1/s1. The summed E-state index contributed by atoms with van der Waals surface area (Å²) >= 11 is 1.26. The van der Waals surface area contributed by atoms with Gasteiger partial charge in [-0.1, -0.05) is 66.4 Å². The van der Waals surface area contributed by atoms with Gasteiger partial charge in [0.05, 0.1) is 34.6 Å². The van der Waals surface area contributed by atoms with Crippen LogP contribution in [0.3, 0.4) is 0 Å². The average Bonchev–Trinajstić information content (AvgIpc) is 3.37. The van der Waals surface area contributed by atoms with Crippen molar-refractivity contribution < 1.29 is 14.0 Å². The Morgan fingerprint density at radius 1 is 1.03 bits per heavy atom. The molecule has 0 bridgehead atoms. The van der Waals surface area contributed by atoms with Gasteiger partial charge in [-0.15, -0.1) is 0 Å². The van der Waals surface area contributed by atoms with E-state index in [1.807, 2.05) is 54.6 Å². The van der Waals surface area contributed by atoms with E-state index in [1.165, 1.54) is 24.9 Å². The molecule has 164 valence electrons. The zero-order chi connectivity index (χ0) is 23.4. The highest BCUT2D eigenvalue weighted by atomic mass is 32.2. The number of nitriles is 1. The van der Waals surface area contributed by atoms with Gasteiger partial charge in [0.1, 0.15) is 5.76 Å². The molecule has 3 aromatic rings. The second-order valence-electron chi connectivity index (χ2n) is 7.68. The van der Waals surface area contributed by atoms with Gasteiger partial charge in [-0.25, -0.2) is 0 Å². The lowest BCUT2D eigenvalue weighted by Gasteiger charge is -2.27. The van der Waals surface area contributed by atoms with Crippen LogP contribution in [0, 0.1) is 11.3 Å². The first kappa shape index (κ1) is 22.4. The molecule has 2 aromatic carbocycles. The van der Waals surface area contributed by atoms with Crippen LogP contribution in [-0.4, -0.2) is 17.3 Å². The number of Topliss-reactive ketones (excluding diaryl/α,β-unsaturated/α-hetero) is 2. The molecule has 0 unspecified atom stereocenters. The number of nitrogens with one attached hydrogen (secondary N) is 1. The molecular weight excluding hydrogens is 432 g/mol. The van der Waals surface area contributed by atoms with Crippen molar-refractivity contribution in [3.05, 3.63) is 106 Å². The van der Waals surface area contributed by atoms with Crippen LogP contribution in [0.4, 0.5) is 0 Å². The quantitative estimate of drug-likeness (QED) is 0.451. The van der Waals surface area contributed by atoms with Crippen molar-refractivity contribution in [2.75, 3.05) is 5.75 Å². The van der Waals surface area contributed by atoms with Crippen molar-refractivity contribution >= 4 is 23.3 Å². The van der Waals surface area contributed by atoms with Gasteiger partial charge < -0.3 is 9.73 Å². The van der Waals surface area contributed by atoms with Crippen LogP contribution < -0.4 is 5.32 Å². The number of thioether (sulfide) groups is 1. The fourth-order valence-electron chi connectivity index (χ4n) is 3.93. The summed E-state index contributed by atoms with van der Waals surface area (Å²) < 4.78 is 5.55. The van der Waals surface area contributed by atoms with Crippen molar-refractivity contribution in [1.82, 2.24) is 5.32 Å². The van der Waals surface area contributed by atoms with Crippen LogP contribution in [0.1, 0.15) is 35.9 Å². The lowest BCUT2D eigenvalue weighted by Crippen LogP contribution is -2.27. The lowest BCUT2D eigenvalue weighted by atomic mass is 9.84. The molecule has 33 heavy (non-hydrogen) atoms. The number of rotatable bonds is 7. The molecule has 0 aliphatic carbocycles. The van der Waals surface area contributed by atoms with Crippen LogP contribution in [-0.2, 0) is 4.79 Å². The third-order valence-corrected chi connectivity index (χ3v) is 6.53. The number of dihydropyridines is 1. The molecule has 0 spiro atoms. The predicted octanol–water partition coefficient (Wildman–Crippen LogP) is 5.85. The number of nitrogens with zero attached hydrogens (tertiary/aromatic N) is 1. The molecule has 0 fully saturated rings. The van der Waals surface area contributed by atoms with Crippen LogP contribution in [0.15, 0.2) is 99.3 Å². The van der Waals surface area contributed by atoms with Gasteiger partial charge in [0.15, 0.2) is 11.6 Å². The average molecular weight is 455 g/mol. The summed E-state index contributed by atoms with van der Waals surface area (Å²) in [7, 11) is 0. The highest BCUT2D eigenvalue weighted by Crippen LogP contribution is 2.41. The second-order valence-corrected chi connectivity index (χ2v) is 8.66. The first-order valence-electron chi connectivity index (χ1n) is 10.5. The molecule has 1 aliphatic rings. The summed E-state index contributed by atoms with van der Waals surface area (Å²) in [4.78, 5) is 25.2. The van der Waals surface area contributed by atoms with Crippen molar-refractivity contribution in [3.63, 3.8) is 0 Å². The Morgan fingerprint density at radius 3 is 2.33 bits per heavy atom. The van der Waals surface area contributed by atoms with Gasteiger partial charge >= 0.3 is 0 Å². The molecule has 0 radical (unpaired) electrons. The number of allylic oxidation sites excluding steroid dienone is 3. The third kappa shape index (κ3) is 4.69. The first-order valence-corrected chi connectivity index (χ1v) is 11.5. The molecule has 1 aromatic heterocycles. The van der Waals surface area contributed by atoms with Crippen LogP contribution in [0.2, 0.25) is 0 Å². The molecule has 4 rings (SSSR count). The summed E-state index contributed by atoms with van der Waals surface area (Å²) in [6.07, 6.45) is 1.52. The minimum Gasteiger partial charge on any atom is -0.468 e. The Balaban J connectivity index is 1.54. The largest absolute Gasteiger partial charge is 0.468 e. The predicted molar refractivity (Wildman–Crippen MR) is 129 cm³/mol. The number of hydrogen-bond acceptors (Lipinski definition) is 6. The summed E-state index contributed by atoms with van der Waals surface area (Å²) in [6, 6.07) is 23.2. The fraction of sp³-hybridized carbons (Fsp3) is 0.148. The van der Waals surface area contributed by atoms with Gasteiger partial charge in [-0.05, 0) is 37.1 Å². The monoisotopic (exact) mass is 454 g/mol. The Kier molecular flexibility index (Phi) is 6.62. The van der Waals surface area contributed by atoms with E-state index in [2.05, 4.69) is 11.4 Å². The molecule has 1 N–H and O–H groups in total. The van der Waals surface area contributed by atoms with Crippen LogP contribution >= 0.6 is 11.8 Å². The van der Waals surface area contributed by atoms with E-state index in [4.69, 9.17) is 4.42 Å². The van der Waals surface area contributed by atoms with E-state index in [1.54, 1.807) is 19.1 Å². The molecular formula is C27H22N2O3S. The van der Waals surface area contributed by atoms with E-state index in [-0.39, 0.29) is 17.3 Å². The van der Waals surface area contributed by atoms with Crippen molar-refractivity contribution in [2.24, 2.45) is 0 Å². The highest BCUT2D eigenvalue weighted by Gasteiger charge is 2.34. The third-order valence-electron chi connectivity index (χ3n) is 5.52. The van der Waals surface area contributed by atoms with Gasteiger partial charge in [-0.3, -0.25) is 9.59 Å². The maximum absolute atomic E-state index is 12.9. The summed E-state index contributed by atoms with van der Waals surface area (Å²) in [5.74, 6) is -0.0799. The second kappa shape index (κ2) is 9.76. The molecule has 6 heteroatoms. The highest BCUT2D eigenvalue weighted by molar-refractivity contribution is 8.03. The minimum absolute atomic E-state index is 0.0419. The van der Waals surface area contributed by atoms with E-state index in [0.717, 1.165) is 11.1 Å². The summed E-state index contributed by atoms with van der Waals surface area (Å²) in [6.45, 7) is 3.28. The molecule has 0 saturated carbocycles. The van der Waals surface area contributed by atoms with E-state index < -0.39 is 5.92 Å². The van der Waals surface area contributed by atoms with E-state index >= 15 is 0 Å². The Hall–Kier alpha value is -3.82. The smallest absolute Gasteiger partial charge is 0.173 e. The first-order chi connectivity index (χ1) is 16.0. The van der Waals surface area contributed by atoms with Crippen molar-refractivity contribution in [1.29, 1.82) is 5.26 Å². The maximum atomic E-state index is 12.9. The number of benzene rings is 2. The number of ketones is 2. The molecule has 1 atom stereocenters. The van der Waals surface area contributed by atoms with Crippen molar-refractivity contribution in [2.45, 2.75) is 19.8 Å². The molecule has 5 nitrogen and oxygen atoms in total. The SMILES string of the molecule is CC(=O)C1=C(C)NC(SCC(=O)c2ccc(-c3ccccc3)cc2)=C(C#N)[C@@H]1c1ccco1. The number of carbonyl (C=O) groups excluding carboxylic acids is 2. The molecule has 1 aliphatic heterocycles. The number of hydrogen-bond donors (Lipinski definition) is 1. The van der Waals surface area contributed by atoms with Gasteiger partial charge in [0.2, 0.25) is 0 Å². The molecule has 0 saturated heterocycles. The van der Waals surface area contributed by atoms with Gasteiger partial charge in [-0.2, -0.15) is 5.26 Å². The van der Waals surface area contributed by atoms with Crippen LogP contribution in [0.25, 0.3) is 11.1 Å². The molecule has 2 heterocycles. The normalized spacial score (nSPS) is 15.7. The topological polar surface area (TPSA) is 83.1 Å². The Labute approximate surface area is 196 Å². The Morgan fingerprint density at radius 2 is 1.73 bits per heavy atom. The minimum atomic E-state index is -0.591. The summed E-state index contributed by atoms with van der Waals surface area (Å²) in [5, 5.41) is 13.6. The summed E-state index contributed by atoms with van der Waals surface area (Å²) in [5.41, 5.74) is 4.27. The number of furan rings is 1. The molecule has 0 amide bonds. The van der Waals surface area contributed by atoms with E-state index in [9.17, 15) is 14.9 Å². The number of carbonyl (C=O) groups is 2. The maximum Gasteiger partial charge on any atom is 0.173 e.